The summed E-state index contributed by atoms with van der Waals surface area (Å²) in [5.74, 6) is 2.57. The Hall–Kier alpha value is -2.73. The van der Waals surface area contributed by atoms with Crippen LogP contribution >= 0.6 is 0 Å². The summed E-state index contributed by atoms with van der Waals surface area (Å²) < 4.78 is 29.3. The SMILES string of the molecule is CCOC(=O)C(CC1C=CC(OC/C=C/c2cc(OC3CCCC3)cc(OC3CCCC3)c2)=CC1)OCC. The topological polar surface area (TPSA) is 63.2 Å². The standard InChI is InChI=1S/C32H44O6/c1-3-34-31(32(33)35-4-2)22-24-15-17-26(18-16-24)36-19-9-10-25-20-29(37-27-11-5-6-12-27)23-30(21-25)38-28-13-7-8-14-28/h9-10,15,17-18,20-21,23-24,27-28,31H,3-8,11-14,16,19,22H2,1-2H3/b10-9+. The van der Waals surface area contributed by atoms with Crippen LogP contribution in [0.15, 0.2) is 48.3 Å². The predicted molar refractivity (Wildman–Crippen MR) is 149 cm³/mol. The number of esters is 1. The highest BCUT2D eigenvalue weighted by Gasteiger charge is 2.24. The molecule has 1 aromatic rings. The molecule has 0 heterocycles. The average molecular weight is 525 g/mol. The van der Waals surface area contributed by atoms with Gasteiger partial charge < -0.3 is 23.7 Å². The van der Waals surface area contributed by atoms with E-state index in [-0.39, 0.29) is 11.9 Å². The molecule has 208 valence electrons. The molecule has 0 saturated heterocycles. The highest BCUT2D eigenvalue weighted by Crippen LogP contribution is 2.31. The molecule has 1 aromatic carbocycles. The fourth-order valence-electron chi connectivity index (χ4n) is 5.42. The molecule has 0 bridgehead atoms. The summed E-state index contributed by atoms with van der Waals surface area (Å²) in [5.41, 5.74) is 1.06. The van der Waals surface area contributed by atoms with Crippen LogP contribution in [-0.4, -0.2) is 44.1 Å². The number of carbonyl (C=O) groups is 1. The lowest BCUT2D eigenvalue weighted by Crippen LogP contribution is -2.29. The van der Waals surface area contributed by atoms with E-state index in [1.807, 2.05) is 26.0 Å². The lowest BCUT2D eigenvalue weighted by Gasteiger charge is -2.21. The molecule has 4 rings (SSSR count). The molecule has 6 nitrogen and oxygen atoms in total. The van der Waals surface area contributed by atoms with E-state index >= 15 is 0 Å². The first-order valence-corrected chi connectivity index (χ1v) is 14.6. The Kier molecular flexibility index (Phi) is 11.2. The van der Waals surface area contributed by atoms with Crippen molar-refractivity contribution >= 4 is 12.0 Å². The third-order valence-electron chi connectivity index (χ3n) is 7.36. The van der Waals surface area contributed by atoms with Crippen LogP contribution in [0.2, 0.25) is 0 Å². The summed E-state index contributed by atoms with van der Waals surface area (Å²) in [5, 5.41) is 0. The summed E-state index contributed by atoms with van der Waals surface area (Å²) in [6.07, 6.45) is 21.3. The molecule has 2 fully saturated rings. The lowest BCUT2D eigenvalue weighted by atomic mass is 9.94. The molecule has 3 aliphatic rings. The van der Waals surface area contributed by atoms with Gasteiger partial charge in [-0.1, -0.05) is 12.2 Å². The van der Waals surface area contributed by atoms with Crippen LogP contribution in [0.1, 0.15) is 83.6 Å². The second-order valence-electron chi connectivity index (χ2n) is 10.4. The monoisotopic (exact) mass is 524 g/mol. The summed E-state index contributed by atoms with van der Waals surface area (Å²) in [7, 11) is 0. The van der Waals surface area contributed by atoms with Crippen LogP contribution in [0.3, 0.4) is 0 Å². The molecule has 3 aliphatic carbocycles. The van der Waals surface area contributed by atoms with Crippen molar-refractivity contribution in [1.82, 2.24) is 0 Å². The molecule has 0 radical (unpaired) electrons. The molecular weight excluding hydrogens is 480 g/mol. The molecule has 6 heteroatoms. The molecule has 2 atom stereocenters. The van der Waals surface area contributed by atoms with Gasteiger partial charge >= 0.3 is 5.97 Å². The van der Waals surface area contributed by atoms with Gasteiger partial charge in [0.15, 0.2) is 6.10 Å². The number of hydrogen-bond donors (Lipinski definition) is 0. The second kappa shape index (κ2) is 15.0. The molecule has 0 amide bonds. The molecule has 2 unspecified atom stereocenters. The van der Waals surface area contributed by atoms with Crippen molar-refractivity contribution in [2.45, 2.75) is 96.4 Å². The van der Waals surface area contributed by atoms with Crippen molar-refractivity contribution < 1.29 is 28.5 Å². The highest BCUT2D eigenvalue weighted by atomic mass is 16.6. The van der Waals surface area contributed by atoms with E-state index in [4.69, 9.17) is 23.7 Å². The summed E-state index contributed by atoms with van der Waals surface area (Å²) in [6, 6.07) is 6.24. The van der Waals surface area contributed by atoms with Crippen LogP contribution in [0.5, 0.6) is 11.5 Å². The van der Waals surface area contributed by atoms with Gasteiger partial charge in [-0.15, -0.1) is 0 Å². The minimum Gasteiger partial charge on any atom is -0.490 e. The minimum atomic E-state index is -0.524. The zero-order chi connectivity index (χ0) is 26.6. The molecular formula is C32H44O6. The van der Waals surface area contributed by atoms with Crippen LogP contribution in [0.25, 0.3) is 6.08 Å². The van der Waals surface area contributed by atoms with Crippen LogP contribution in [0, 0.1) is 5.92 Å². The van der Waals surface area contributed by atoms with Gasteiger partial charge in [-0.25, -0.2) is 4.79 Å². The van der Waals surface area contributed by atoms with E-state index < -0.39 is 6.10 Å². The summed E-state index contributed by atoms with van der Waals surface area (Å²) in [6.45, 7) is 5.02. The normalized spacial score (nSPS) is 21.0. The average Bonchev–Trinajstić information content (AvgIpc) is 3.62. The second-order valence-corrected chi connectivity index (χ2v) is 10.4. The van der Waals surface area contributed by atoms with E-state index in [9.17, 15) is 4.79 Å². The maximum absolute atomic E-state index is 12.1. The van der Waals surface area contributed by atoms with Crippen molar-refractivity contribution in [3.05, 3.63) is 53.8 Å². The largest absolute Gasteiger partial charge is 0.490 e. The maximum Gasteiger partial charge on any atom is 0.335 e. The number of carbonyl (C=O) groups excluding carboxylic acids is 1. The Bertz CT molecular complexity index is 932. The minimum absolute atomic E-state index is 0.222. The van der Waals surface area contributed by atoms with Crippen molar-refractivity contribution in [2.75, 3.05) is 19.8 Å². The first-order chi connectivity index (χ1) is 18.6. The quantitative estimate of drug-likeness (QED) is 0.240. The van der Waals surface area contributed by atoms with Crippen LogP contribution in [0.4, 0.5) is 0 Å². The van der Waals surface area contributed by atoms with Gasteiger partial charge in [0.2, 0.25) is 0 Å². The predicted octanol–water partition coefficient (Wildman–Crippen LogP) is 7.18. The maximum atomic E-state index is 12.1. The highest BCUT2D eigenvalue weighted by molar-refractivity contribution is 5.74. The van der Waals surface area contributed by atoms with Crippen molar-refractivity contribution in [1.29, 1.82) is 0 Å². The van der Waals surface area contributed by atoms with Crippen LogP contribution < -0.4 is 9.47 Å². The van der Waals surface area contributed by atoms with Gasteiger partial charge in [-0.2, -0.15) is 0 Å². The number of hydrogen-bond acceptors (Lipinski definition) is 6. The van der Waals surface area contributed by atoms with Gasteiger partial charge in [0.05, 0.1) is 18.8 Å². The van der Waals surface area contributed by atoms with Crippen LogP contribution in [-0.2, 0) is 19.0 Å². The number of allylic oxidation sites excluding steroid dienone is 3. The van der Waals surface area contributed by atoms with Crippen molar-refractivity contribution in [3.8, 4) is 11.5 Å². The van der Waals surface area contributed by atoms with Crippen molar-refractivity contribution in [3.63, 3.8) is 0 Å². The van der Waals surface area contributed by atoms with Gasteiger partial charge in [0.1, 0.15) is 23.9 Å². The number of benzene rings is 1. The molecule has 0 spiro atoms. The Morgan fingerprint density at radius 3 is 2.16 bits per heavy atom. The van der Waals surface area contributed by atoms with E-state index in [0.29, 0.717) is 38.4 Å². The fraction of sp³-hybridized carbons (Fsp3) is 0.594. The first kappa shape index (κ1) is 28.3. The molecule has 2 saturated carbocycles. The molecule has 0 aliphatic heterocycles. The Labute approximate surface area is 228 Å². The van der Waals surface area contributed by atoms with E-state index in [1.54, 1.807) is 0 Å². The van der Waals surface area contributed by atoms with E-state index in [0.717, 1.165) is 54.9 Å². The summed E-state index contributed by atoms with van der Waals surface area (Å²) in [4.78, 5) is 12.1. The third-order valence-corrected chi connectivity index (χ3v) is 7.36. The number of ether oxygens (including phenoxy) is 5. The molecule has 38 heavy (non-hydrogen) atoms. The first-order valence-electron chi connectivity index (χ1n) is 14.6. The lowest BCUT2D eigenvalue weighted by molar-refractivity contribution is -0.157. The van der Waals surface area contributed by atoms with Gasteiger partial charge in [-0.3, -0.25) is 0 Å². The smallest absolute Gasteiger partial charge is 0.335 e. The Morgan fingerprint density at radius 1 is 0.947 bits per heavy atom. The third kappa shape index (κ3) is 8.93. The zero-order valence-electron chi connectivity index (χ0n) is 23.1. The zero-order valence-corrected chi connectivity index (χ0v) is 23.1. The van der Waals surface area contributed by atoms with Crippen molar-refractivity contribution in [2.24, 2.45) is 5.92 Å². The molecule has 0 aromatic heterocycles. The number of rotatable bonds is 14. The van der Waals surface area contributed by atoms with Gasteiger partial charge in [-0.05, 0) is 120 Å². The van der Waals surface area contributed by atoms with E-state index in [2.05, 4.69) is 36.4 Å². The Balaban J connectivity index is 1.29. The van der Waals surface area contributed by atoms with Gasteiger partial charge in [0, 0.05) is 12.7 Å². The Morgan fingerprint density at radius 2 is 1.61 bits per heavy atom. The molecule has 0 N–H and O–H groups in total. The summed E-state index contributed by atoms with van der Waals surface area (Å²) >= 11 is 0. The van der Waals surface area contributed by atoms with Gasteiger partial charge in [0.25, 0.3) is 0 Å². The van der Waals surface area contributed by atoms with E-state index in [1.165, 1.54) is 25.7 Å². The fourth-order valence-corrected chi connectivity index (χ4v) is 5.42.